The fourth-order valence-corrected chi connectivity index (χ4v) is 5.80. The Kier molecular flexibility index (Phi) is 7.11. The number of halogens is 1. The van der Waals surface area contributed by atoms with Crippen LogP contribution in [0.4, 0.5) is 0 Å². The number of fused-ring (bicyclic) bond motifs is 1. The Labute approximate surface area is 179 Å². The van der Waals surface area contributed by atoms with Gasteiger partial charge in [-0.15, -0.1) is 12.4 Å². The maximum absolute atomic E-state index is 12.8. The third-order valence-corrected chi connectivity index (χ3v) is 7.77. The lowest BCUT2D eigenvalue weighted by Gasteiger charge is -2.34. The predicted molar refractivity (Wildman–Crippen MR) is 116 cm³/mol. The van der Waals surface area contributed by atoms with Crippen LogP contribution in [0.5, 0.6) is 0 Å². The number of carbonyl (C=O) groups is 1. The first kappa shape index (κ1) is 22.0. The number of piperidine rings is 1. The quantitative estimate of drug-likeness (QED) is 0.724. The van der Waals surface area contributed by atoms with Gasteiger partial charge in [-0.05, 0) is 56.0 Å². The number of sulfonamides is 1. The average Bonchev–Trinajstić information content (AvgIpc) is 2.72. The van der Waals surface area contributed by atoms with E-state index in [0.717, 1.165) is 32.4 Å². The molecule has 5 nitrogen and oxygen atoms in total. The highest BCUT2D eigenvalue weighted by Gasteiger charge is 2.35. The topological polar surface area (TPSA) is 57.7 Å². The molecule has 0 saturated carbocycles. The zero-order chi connectivity index (χ0) is 19.6. The Hall–Kier alpha value is -1.73. The summed E-state index contributed by atoms with van der Waals surface area (Å²) in [7, 11) is -3.58. The van der Waals surface area contributed by atoms with Gasteiger partial charge in [0.1, 0.15) is 0 Å². The first-order valence-electron chi connectivity index (χ1n) is 9.93. The molecule has 0 spiro atoms. The zero-order valence-corrected chi connectivity index (χ0v) is 18.0. The second kappa shape index (κ2) is 9.39. The van der Waals surface area contributed by atoms with Gasteiger partial charge in [-0.2, -0.15) is 4.31 Å². The number of hydrogen-bond acceptors (Lipinski definition) is 4. The van der Waals surface area contributed by atoms with Gasteiger partial charge in [0.05, 0.1) is 11.4 Å². The van der Waals surface area contributed by atoms with E-state index < -0.39 is 10.0 Å². The van der Waals surface area contributed by atoms with Crippen molar-refractivity contribution in [1.29, 1.82) is 0 Å². The minimum Gasteiger partial charge on any atom is -0.302 e. The number of Topliss-reactive ketones (excluding diaryl/α,β-unsaturated/α-hetero) is 1. The highest BCUT2D eigenvalue weighted by atomic mass is 35.5. The third kappa shape index (κ3) is 4.89. The van der Waals surface area contributed by atoms with Gasteiger partial charge >= 0.3 is 0 Å². The number of hydrogen-bond donors (Lipinski definition) is 0. The molecule has 0 amide bonds. The van der Waals surface area contributed by atoms with E-state index in [1.165, 1.54) is 15.9 Å². The van der Waals surface area contributed by atoms with Crippen molar-refractivity contribution in [2.24, 2.45) is 5.92 Å². The summed E-state index contributed by atoms with van der Waals surface area (Å²) in [6.45, 7) is 2.95. The Morgan fingerprint density at radius 1 is 0.897 bits per heavy atom. The molecule has 0 atom stereocenters. The van der Waals surface area contributed by atoms with Crippen LogP contribution in [0, 0.1) is 5.92 Å². The van der Waals surface area contributed by atoms with E-state index in [1.807, 2.05) is 6.07 Å². The minimum atomic E-state index is -3.58. The summed E-state index contributed by atoms with van der Waals surface area (Å²) >= 11 is 0. The molecule has 0 aromatic heterocycles. The standard InChI is InChI=1S/C22H26N2O3S.ClH/c25-21-17-24(28(26,27)22-9-5-4-8-20(21)22)15-14-23-12-10-19(11-13-23)16-18-6-2-1-3-7-18;/h1-9,19H,10-17H2;1H. The number of ketones is 1. The molecule has 1 saturated heterocycles. The summed E-state index contributed by atoms with van der Waals surface area (Å²) in [5.41, 5.74) is 1.71. The Morgan fingerprint density at radius 3 is 2.28 bits per heavy atom. The van der Waals surface area contributed by atoms with Crippen molar-refractivity contribution in [1.82, 2.24) is 9.21 Å². The van der Waals surface area contributed by atoms with Crippen molar-refractivity contribution in [3.8, 4) is 0 Å². The molecule has 2 aliphatic heterocycles. The molecule has 2 aromatic carbocycles. The van der Waals surface area contributed by atoms with E-state index in [4.69, 9.17) is 0 Å². The fourth-order valence-electron chi connectivity index (χ4n) is 4.21. The van der Waals surface area contributed by atoms with Crippen molar-refractivity contribution < 1.29 is 13.2 Å². The van der Waals surface area contributed by atoms with E-state index in [2.05, 4.69) is 29.2 Å². The second-order valence-corrected chi connectivity index (χ2v) is 9.64. The molecule has 2 aromatic rings. The SMILES string of the molecule is Cl.O=C1CN(CCN2CCC(Cc3ccccc3)CC2)S(=O)(=O)c2ccccc21. The minimum absolute atomic E-state index is 0. The van der Waals surface area contributed by atoms with Gasteiger partial charge in [-0.25, -0.2) is 8.42 Å². The molecule has 0 radical (unpaired) electrons. The van der Waals surface area contributed by atoms with Crippen LogP contribution in [0.2, 0.25) is 0 Å². The first-order chi connectivity index (χ1) is 13.5. The molecule has 29 heavy (non-hydrogen) atoms. The molecule has 0 bridgehead atoms. The largest absolute Gasteiger partial charge is 0.302 e. The first-order valence-corrected chi connectivity index (χ1v) is 11.4. The van der Waals surface area contributed by atoms with E-state index in [-0.39, 0.29) is 29.6 Å². The van der Waals surface area contributed by atoms with Gasteiger partial charge < -0.3 is 4.90 Å². The normalized spacial score (nSPS) is 20.1. The molecule has 1 fully saturated rings. The van der Waals surface area contributed by atoms with Crippen LogP contribution in [-0.4, -0.2) is 56.1 Å². The lowest BCUT2D eigenvalue weighted by atomic mass is 9.90. The number of rotatable bonds is 5. The highest BCUT2D eigenvalue weighted by Crippen LogP contribution is 2.26. The summed E-state index contributed by atoms with van der Waals surface area (Å²) in [5.74, 6) is 0.567. The van der Waals surface area contributed by atoms with Gasteiger partial charge in [0.15, 0.2) is 5.78 Å². The van der Waals surface area contributed by atoms with Gasteiger partial charge in [0.2, 0.25) is 10.0 Å². The number of nitrogens with zero attached hydrogens (tertiary/aromatic N) is 2. The number of benzene rings is 2. The van der Waals surface area contributed by atoms with Crippen LogP contribution >= 0.6 is 12.4 Å². The van der Waals surface area contributed by atoms with Crippen molar-refractivity contribution in [2.75, 3.05) is 32.7 Å². The Balaban J connectivity index is 0.00000240. The van der Waals surface area contributed by atoms with Gasteiger partial charge in [-0.3, -0.25) is 4.79 Å². The van der Waals surface area contributed by atoms with E-state index in [0.29, 0.717) is 24.6 Å². The van der Waals surface area contributed by atoms with Crippen molar-refractivity contribution in [3.63, 3.8) is 0 Å². The van der Waals surface area contributed by atoms with Crippen LogP contribution in [0.15, 0.2) is 59.5 Å². The molecule has 0 aliphatic carbocycles. The zero-order valence-electron chi connectivity index (χ0n) is 16.4. The van der Waals surface area contributed by atoms with E-state index in [9.17, 15) is 13.2 Å². The molecule has 0 unspecified atom stereocenters. The van der Waals surface area contributed by atoms with Crippen molar-refractivity contribution in [2.45, 2.75) is 24.2 Å². The fraction of sp³-hybridized carbons (Fsp3) is 0.409. The molecule has 4 rings (SSSR count). The van der Waals surface area contributed by atoms with Crippen LogP contribution < -0.4 is 0 Å². The summed E-state index contributed by atoms with van der Waals surface area (Å²) in [5, 5.41) is 0. The molecule has 156 valence electrons. The maximum Gasteiger partial charge on any atom is 0.244 e. The van der Waals surface area contributed by atoms with Gasteiger partial charge in [0, 0.05) is 18.7 Å². The summed E-state index contributed by atoms with van der Waals surface area (Å²) < 4.78 is 27.0. The molecule has 2 aliphatic rings. The van der Waals surface area contributed by atoms with Crippen LogP contribution in [0.3, 0.4) is 0 Å². The monoisotopic (exact) mass is 434 g/mol. The Morgan fingerprint density at radius 2 is 1.55 bits per heavy atom. The maximum atomic E-state index is 12.8. The highest BCUT2D eigenvalue weighted by molar-refractivity contribution is 7.89. The van der Waals surface area contributed by atoms with E-state index in [1.54, 1.807) is 18.2 Å². The lowest BCUT2D eigenvalue weighted by Crippen LogP contribution is -2.46. The van der Waals surface area contributed by atoms with Gasteiger partial charge in [-0.1, -0.05) is 42.5 Å². The summed E-state index contributed by atoms with van der Waals surface area (Å²) in [6, 6.07) is 17.1. The second-order valence-electron chi connectivity index (χ2n) is 7.73. The number of likely N-dealkylation sites (tertiary alicyclic amines) is 1. The average molecular weight is 435 g/mol. The summed E-state index contributed by atoms with van der Waals surface area (Å²) in [4.78, 5) is 14.8. The van der Waals surface area contributed by atoms with Crippen LogP contribution in [0.1, 0.15) is 28.8 Å². The van der Waals surface area contributed by atoms with Crippen molar-refractivity contribution >= 4 is 28.2 Å². The van der Waals surface area contributed by atoms with Gasteiger partial charge in [0.25, 0.3) is 0 Å². The Bertz CT molecular complexity index is 942. The van der Waals surface area contributed by atoms with Crippen molar-refractivity contribution in [3.05, 3.63) is 65.7 Å². The third-order valence-electron chi connectivity index (χ3n) is 5.87. The lowest BCUT2D eigenvalue weighted by molar-refractivity contribution is 0.0948. The molecular weight excluding hydrogens is 408 g/mol. The molecular formula is C22H27ClN2O3S. The number of carbonyl (C=O) groups excluding carboxylic acids is 1. The van der Waals surface area contributed by atoms with Crippen LogP contribution in [0.25, 0.3) is 0 Å². The molecule has 0 N–H and O–H groups in total. The molecule has 7 heteroatoms. The van der Waals surface area contributed by atoms with Crippen LogP contribution in [-0.2, 0) is 16.4 Å². The molecule has 2 heterocycles. The smallest absolute Gasteiger partial charge is 0.244 e. The summed E-state index contributed by atoms with van der Waals surface area (Å²) in [6.07, 6.45) is 3.37. The van der Waals surface area contributed by atoms with E-state index >= 15 is 0 Å². The predicted octanol–water partition coefficient (Wildman–Crippen LogP) is 3.25.